The average Bonchev–Trinajstić information content (AvgIpc) is 2.45. The van der Waals surface area contributed by atoms with Crippen LogP contribution in [0, 0.1) is 16.7 Å². The normalized spacial score (nSPS) is 21.0. The molecule has 0 aliphatic carbocycles. The van der Waals surface area contributed by atoms with Gasteiger partial charge in [0.2, 0.25) is 0 Å². The third-order valence-corrected chi connectivity index (χ3v) is 4.18. The lowest BCUT2D eigenvalue weighted by atomic mass is 9.77. The monoisotopic (exact) mass is 273 g/mol. The van der Waals surface area contributed by atoms with Crippen molar-refractivity contribution in [2.45, 2.75) is 32.7 Å². The maximum Gasteiger partial charge on any atom is 0.121 e. The number of nitrogens with zero attached hydrogens (tertiary/aromatic N) is 1. The molecule has 2 N–H and O–H groups in total. The van der Waals surface area contributed by atoms with Crippen LogP contribution in [0.4, 0.5) is 5.69 Å². The Labute approximate surface area is 121 Å². The first-order valence-electron chi connectivity index (χ1n) is 7.12. The van der Waals surface area contributed by atoms with E-state index >= 15 is 0 Å². The summed E-state index contributed by atoms with van der Waals surface area (Å²) in [5.41, 5.74) is 1.77. The summed E-state index contributed by atoms with van der Waals surface area (Å²) >= 11 is 0. The Kier molecular flexibility index (Phi) is 4.51. The standard InChI is InChI=1S/C16H23N3O/c1-16(2)7-4-8-18-15(16)11-19-14-9-13(20-3)6-5-12(14)10-17/h5-6,9,15,18-19H,4,7-8,11H2,1-3H3. The zero-order valence-corrected chi connectivity index (χ0v) is 12.5. The van der Waals surface area contributed by atoms with Crippen molar-refractivity contribution in [2.75, 3.05) is 25.5 Å². The fourth-order valence-corrected chi connectivity index (χ4v) is 2.73. The molecule has 0 radical (unpaired) electrons. The molecule has 4 heteroatoms. The molecule has 0 spiro atoms. The van der Waals surface area contributed by atoms with E-state index in [2.05, 4.69) is 30.6 Å². The first-order chi connectivity index (χ1) is 9.56. The van der Waals surface area contributed by atoms with E-state index in [1.807, 2.05) is 12.1 Å². The molecule has 0 aromatic heterocycles. The molecule has 1 heterocycles. The second kappa shape index (κ2) is 6.15. The van der Waals surface area contributed by atoms with Gasteiger partial charge in [-0.25, -0.2) is 0 Å². The van der Waals surface area contributed by atoms with Crippen LogP contribution in [0.15, 0.2) is 18.2 Å². The fraction of sp³-hybridized carbons (Fsp3) is 0.562. The third kappa shape index (κ3) is 3.23. The van der Waals surface area contributed by atoms with E-state index in [9.17, 15) is 5.26 Å². The van der Waals surface area contributed by atoms with Crippen molar-refractivity contribution in [3.63, 3.8) is 0 Å². The topological polar surface area (TPSA) is 57.1 Å². The van der Waals surface area contributed by atoms with Gasteiger partial charge in [0.05, 0.1) is 18.4 Å². The summed E-state index contributed by atoms with van der Waals surface area (Å²) in [7, 11) is 1.64. The Balaban J connectivity index is 2.08. The van der Waals surface area contributed by atoms with Crippen LogP contribution in [0.1, 0.15) is 32.3 Å². The number of anilines is 1. The second-order valence-corrected chi connectivity index (χ2v) is 6.00. The summed E-state index contributed by atoms with van der Waals surface area (Å²) in [4.78, 5) is 0. The molecule has 1 atom stereocenters. The predicted molar refractivity (Wildman–Crippen MR) is 81.0 cm³/mol. The van der Waals surface area contributed by atoms with Crippen LogP contribution in [0.3, 0.4) is 0 Å². The summed E-state index contributed by atoms with van der Waals surface area (Å²) in [6.45, 7) is 6.47. The van der Waals surface area contributed by atoms with Crippen LogP contribution in [-0.4, -0.2) is 26.2 Å². The van der Waals surface area contributed by atoms with Crippen LogP contribution in [0.5, 0.6) is 5.75 Å². The largest absolute Gasteiger partial charge is 0.497 e. The molecule has 1 saturated heterocycles. The van der Waals surface area contributed by atoms with Gasteiger partial charge >= 0.3 is 0 Å². The Morgan fingerprint density at radius 2 is 2.30 bits per heavy atom. The summed E-state index contributed by atoms with van der Waals surface area (Å²) in [6, 6.07) is 8.12. The summed E-state index contributed by atoms with van der Waals surface area (Å²) in [6.07, 6.45) is 2.46. The van der Waals surface area contributed by atoms with Gasteiger partial charge in [0.1, 0.15) is 11.8 Å². The third-order valence-electron chi connectivity index (χ3n) is 4.18. The molecular formula is C16H23N3O. The second-order valence-electron chi connectivity index (χ2n) is 6.00. The SMILES string of the molecule is COc1ccc(C#N)c(NCC2NCCCC2(C)C)c1. The van der Waals surface area contributed by atoms with E-state index in [0.717, 1.165) is 24.5 Å². The summed E-state index contributed by atoms with van der Waals surface area (Å²) in [5.74, 6) is 0.766. The Morgan fingerprint density at radius 1 is 1.50 bits per heavy atom. The highest BCUT2D eigenvalue weighted by atomic mass is 16.5. The van der Waals surface area contributed by atoms with Crippen molar-refractivity contribution in [1.82, 2.24) is 5.32 Å². The lowest BCUT2D eigenvalue weighted by Crippen LogP contribution is -2.50. The van der Waals surface area contributed by atoms with Crippen molar-refractivity contribution in [1.29, 1.82) is 5.26 Å². The van der Waals surface area contributed by atoms with E-state index in [0.29, 0.717) is 11.6 Å². The Bertz CT molecular complexity index is 505. The molecule has 2 rings (SSSR count). The molecule has 1 aromatic rings. The summed E-state index contributed by atoms with van der Waals surface area (Å²) < 4.78 is 5.22. The number of piperidine rings is 1. The summed E-state index contributed by atoms with van der Waals surface area (Å²) in [5, 5.41) is 16.1. The molecule has 1 fully saturated rings. The molecule has 0 saturated carbocycles. The van der Waals surface area contributed by atoms with E-state index in [1.54, 1.807) is 13.2 Å². The highest BCUT2D eigenvalue weighted by Crippen LogP contribution is 2.30. The number of nitriles is 1. The van der Waals surface area contributed by atoms with E-state index in [4.69, 9.17) is 4.74 Å². The van der Waals surface area contributed by atoms with Crippen molar-refractivity contribution in [2.24, 2.45) is 5.41 Å². The maximum absolute atomic E-state index is 9.18. The molecule has 4 nitrogen and oxygen atoms in total. The molecule has 1 unspecified atom stereocenters. The quantitative estimate of drug-likeness (QED) is 0.885. The predicted octanol–water partition coefficient (Wildman–Crippen LogP) is 2.76. The van der Waals surface area contributed by atoms with E-state index in [1.165, 1.54) is 12.8 Å². The van der Waals surface area contributed by atoms with Gasteiger partial charge in [0.15, 0.2) is 0 Å². The van der Waals surface area contributed by atoms with Crippen LogP contribution in [0.25, 0.3) is 0 Å². The van der Waals surface area contributed by atoms with Gasteiger partial charge in [-0.15, -0.1) is 0 Å². The minimum Gasteiger partial charge on any atom is -0.497 e. The van der Waals surface area contributed by atoms with Crippen LogP contribution >= 0.6 is 0 Å². The molecule has 20 heavy (non-hydrogen) atoms. The number of nitrogens with one attached hydrogen (secondary N) is 2. The smallest absolute Gasteiger partial charge is 0.121 e. The minimum absolute atomic E-state index is 0.275. The number of benzene rings is 1. The number of hydrogen-bond acceptors (Lipinski definition) is 4. The fourth-order valence-electron chi connectivity index (χ4n) is 2.73. The molecule has 1 aliphatic rings. The molecular weight excluding hydrogens is 250 g/mol. The van der Waals surface area contributed by atoms with E-state index in [-0.39, 0.29) is 5.41 Å². The van der Waals surface area contributed by atoms with Gasteiger partial charge in [-0.2, -0.15) is 5.26 Å². The van der Waals surface area contributed by atoms with Gasteiger partial charge < -0.3 is 15.4 Å². The molecule has 0 amide bonds. The van der Waals surface area contributed by atoms with Crippen molar-refractivity contribution in [3.8, 4) is 11.8 Å². The molecule has 1 aromatic carbocycles. The van der Waals surface area contributed by atoms with Crippen molar-refractivity contribution < 1.29 is 4.74 Å². The van der Waals surface area contributed by atoms with Gasteiger partial charge in [0.25, 0.3) is 0 Å². The first kappa shape index (κ1) is 14.7. The highest BCUT2D eigenvalue weighted by molar-refractivity contribution is 5.60. The molecule has 0 bridgehead atoms. The highest BCUT2D eigenvalue weighted by Gasteiger charge is 2.31. The van der Waals surface area contributed by atoms with Crippen LogP contribution < -0.4 is 15.4 Å². The lowest BCUT2D eigenvalue weighted by Gasteiger charge is -2.39. The first-order valence-corrected chi connectivity index (χ1v) is 7.12. The van der Waals surface area contributed by atoms with Crippen molar-refractivity contribution in [3.05, 3.63) is 23.8 Å². The van der Waals surface area contributed by atoms with Gasteiger partial charge in [0, 0.05) is 18.7 Å². The number of hydrogen-bond donors (Lipinski definition) is 2. The minimum atomic E-state index is 0.275. The molecule has 1 aliphatic heterocycles. The van der Waals surface area contributed by atoms with Gasteiger partial charge in [-0.05, 0) is 36.9 Å². The number of methoxy groups -OCH3 is 1. The average molecular weight is 273 g/mol. The zero-order valence-electron chi connectivity index (χ0n) is 12.5. The van der Waals surface area contributed by atoms with Gasteiger partial charge in [-0.3, -0.25) is 0 Å². The number of rotatable bonds is 4. The van der Waals surface area contributed by atoms with Gasteiger partial charge in [-0.1, -0.05) is 13.8 Å². The molecule has 108 valence electrons. The van der Waals surface area contributed by atoms with Crippen LogP contribution in [-0.2, 0) is 0 Å². The van der Waals surface area contributed by atoms with Crippen LogP contribution in [0.2, 0.25) is 0 Å². The van der Waals surface area contributed by atoms with E-state index < -0.39 is 0 Å². The lowest BCUT2D eigenvalue weighted by molar-refractivity contribution is 0.188. The zero-order chi connectivity index (χ0) is 14.6. The van der Waals surface area contributed by atoms with Crippen molar-refractivity contribution >= 4 is 5.69 Å². The maximum atomic E-state index is 9.18. The Hall–Kier alpha value is -1.73. The number of ether oxygens (including phenoxy) is 1. The Morgan fingerprint density at radius 3 is 2.95 bits per heavy atom.